The molecule has 0 saturated carbocycles. The zero-order valence-electron chi connectivity index (χ0n) is 10.9. The largest absolute Gasteiger partial charge is 0.416 e. The first-order valence-corrected chi connectivity index (χ1v) is 6.77. The van der Waals surface area contributed by atoms with Gasteiger partial charge in [0.1, 0.15) is 0 Å². The highest BCUT2D eigenvalue weighted by molar-refractivity contribution is 5.58. The van der Waals surface area contributed by atoms with Crippen molar-refractivity contribution in [1.29, 1.82) is 0 Å². The molecular weight excluding hydrogens is 267 g/mol. The molecule has 0 amide bonds. The molecule has 1 N–H and O–H groups in total. The van der Waals surface area contributed by atoms with Crippen LogP contribution in [0.5, 0.6) is 0 Å². The molecule has 2 bridgehead atoms. The van der Waals surface area contributed by atoms with Gasteiger partial charge in [-0.05, 0) is 36.5 Å². The summed E-state index contributed by atoms with van der Waals surface area (Å²) in [6, 6.07) is 5.50. The number of nitrogens with zero attached hydrogens (tertiary/aromatic N) is 1. The molecule has 4 rings (SSSR count). The van der Waals surface area contributed by atoms with Gasteiger partial charge in [-0.25, -0.2) is 0 Å². The standard InChI is InChI=1S/C15H16F3NO/c16-15(17,18)12-4-2-1-3-11(12)9-13-14(20)10-5-7-19(13)8-6-10/h1-4,9-10,14,20H,5-8H2. The summed E-state index contributed by atoms with van der Waals surface area (Å²) >= 11 is 0. The van der Waals surface area contributed by atoms with E-state index in [1.807, 2.05) is 4.90 Å². The SMILES string of the molecule is OC1C(=Cc2ccccc2C(F)(F)F)N2CCC1CC2. The predicted molar refractivity (Wildman–Crippen MR) is 69.7 cm³/mol. The topological polar surface area (TPSA) is 23.5 Å². The zero-order valence-corrected chi connectivity index (χ0v) is 10.9. The molecule has 0 spiro atoms. The maximum atomic E-state index is 13.0. The summed E-state index contributed by atoms with van der Waals surface area (Å²) in [6.45, 7) is 1.64. The van der Waals surface area contributed by atoms with Gasteiger partial charge in [0, 0.05) is 18.8 Å². The predicted octanol–water partition coefficient (Wildman–Crippen LogP) is 3.13. The van der Waals surface area contributed by atoms with Gasteiger partial charge in [0.25, 0.3) is 0 Å². The molecule has 5 heteroatoms. The molecule has 2 nitrogen and oxygen atoms in total. The Morgan fingerprint density at radius 3 is 2.40 bits per heavy atom. The molecule has 108 valence electrons. The minimum absolute atomic E-state index is 0.126. The van der Waals surface area contributed by atoms with Crippen molar-refractivity contribution >= 4 is 6.08 Å². The van der Waals surface area contributed by atoms with Crippen LogP contribution >= 0.6 is 0 Å². The average Bonchev–Trinajstić information content (AvgIpc) is 2.43. The van der Waals surface area contributed by atoms with E-state index in [9.17, 15) is 18.3 Å². The lowest BCUT2D eigenvalue weighted by atomic mass is 9.83. The van der Waals surface area contributed by atoms with Crippen molar-refractivity contribution in [3.8, 4) is 0 Å². The lowest BCUT2D eigenvalue weighted by Crippen LogP contribution is -2.48. The maximum absolute atomic E-state index is 13.0. The third-order valence-electron chi connectivity index (χ3n) is 4.22. The van der Waals surface area contributed by atoms with Crippen LogP contribution in [0.15, 0.2) is 30.0 Å². The van der Waals surface area contributed by atoms with E-state index in [0.29, 0.717) is 5.70 Å². The van der Waals surface area contributed by atoms with Crippen LogP contribution in [0.4, 0.5) is 13.2 Å². The Bertz CT molecular complexity index is 526. The van der Waals surface area contributed by atoms with Crippen LogP contribution in [0.2, 0.25) is 0 Å². The van der Waals surface area contributed by atoms with E-state index in [0.717, 1.165) is 32.0 Å². The zero-order chi connectivity index (χ0) is 14.3. The minimum atomic E-state index is -4.37. The van der Waals surface area contributed by atoms with Crippen LogP contribution < -0.4 is 0 Å². The van der Waals surface area contributed by atoms with Crippen LogP contribution in [0.25, 0.3) is 6.08 Å². The molecule has 1 aromatic carbocycles. The normalized spacial score (nSPS) is 28.2. The number of halogens is 3. The smallest absolute Gasteiger partial charge is 0.387 e. The summed E-state index contributed by atoms with van der Waals surface area (Å²) in [4.78, 5) is 2.00. The number of piperidine rings is 3. The highest BCUT2D eigenvalue weighted by Gasteiger charge is 2.38. The van der Waals surface area contributed by atoms with E-state index in [2.05, 4.69) is 0 Å². The lowest BCUT2D eigenvalue weighted by molar-refractivity contribution is -0.137. The van der Waals surface area contributed by atoms with Gasteiger partial charge in [-0.15, -0.1) is 0 Å². The summed E-state index contributed by atoms with van der Waals surface area (Å²) in [6.07, 6.45) is -1.68. The van der Waals surface area contributed by atoms with Crippen molar-refractivity contribution in [2.75, 3.05) is 13.1 Å². The molecule has 3 aliphatic rings. The third kappa shape index (κ3) is 2.30. The monoisotopic (exact) mass is 283 g/mol. The van der Waals surface area contributed by atoms with Crippen LogP contribution in [-0.4, -0.2) is 29.2 Å². The van der Waals surface area contributed by atoms with Gasteiger partial charge < -0.3 is 10.0 Å². The fourth-order valence-electron chi connectivity index (χ4n) is 3.12. The highest BCUT2D eigenvalue weighted by Crippen LogP contribution is 2.38. The first-order chi connectivity index (χ1) is 9.47. The van der Waals surface area contributed by atoms with Crippen LogP contribution in [0, 0.1) is 5.92 Å². The molecular formula is C15H16F3NO. The second-order valence-corrected chi connectivity index (χ2v) is 5.42. The minimum Gasteiger partial charge on any atom is -0.387 e. The molecule has 3 heterocycles. The fourth-order valence-corrected chi connectivity index (χ4v) is 3.12. The molecule has 3 saturated heterocycles. The fraction of sp³-hybridized carbons (Fsp3) is 0.467. The van der Waals surface area contributed by atoms with E-state index in [1.165, 1.54) is 18.2 Å². The first kappa shape index (κ1) is 13.5. The van der Waals surface area contributed by atoms with Gasteiger partial charge in [-0.2, -0.15) is 13.2 Å². The number of alkyl halides is 3. The molecule has 3 fully saturated rings. The summed E-state index contributed by atoms with van der Waals surface area (Å²) in [5.41, 5.74) is 0.105. The number of hydrogen-bond acceptors (Lipinski definition) is 2. The van der Waals surface area contributed by atoms with Gasteiger partial charge in [-0.3, -0.25) is 0 Å². The van der Waals surface area contributed by atoms with E-state index in [4.69, 9.17) is 0 Å². The molecule has 1 atom stereocenters. The summed E-state index contributed by atoms with van der Waals surface area (Å²) < 4.78 is 38.9. The van der Waals surface area contributed by atoms with Crippen molar-refractivity contribution in [2.24, 2.45) is 5.92 Å². The Morgan fingerprint density at radius 2 is 1.80 bits per heavy atom. The molecule has 0 aromatic heterocycles. The molecule has 0 aliphatic carbocycles. The van der Waals surface area contributed by atoms with Crippen molar-refractivity contribution in [3.05, 3.63) is 41.1 Å². The molecule has 20 heavy (non-hydrogen) atoms. The van der Waals surface area contributed by atoms with E-state index >= 15 is 0 Å². The Balaban J connectivity index is 2.00. The van der Waals surface area contributed by atoms with Crippen LogP contribution in [0.3, 0.4) is 0 Å². The Hall–Kier alpha value is -1.49. The van der Waals surface area contributed by atoms with Crippen LogP contribution in [0.1, 0.15) is 24.0 Å². The van der Waals surface area contributed by atoms with Gasteiger partial charge in [0.15, 0.2) is 0 Å². The number of aliphatic hydroxyl groups excluding tert-OH is 1. The number of rotatable bonds is 1. The molecule has 1 unspecified atom stereocenters. The number of benzene rings is 1. The highest BCUT2D eigenvalue weighted by atomic mass is 19.4. The first-order valence-electron chi connectivity index (χ1n) is 6.77. The van der Waals surface area contributed by atoms with Gasteiger partial charge in [0.05, 0.1) is 11.7 Å². The summed E-state index contributed by atoms with van der Waals surface area (Å²) in [5.74, 6) is 0.185. The Morgan fingerprint density at radius 1 is 1.15 bits per heavy atom. The van der Waals surface area contributed by atoms with Gasteiger partial charge in [0.2, 0.25) is 0 Å². The van der Waals surface area contributed by atoms with Crippen molar-refractivity contribution in [2.45, 2.75) is 25.1 Å². The second kappa shape index (κ2) is 4.81. The van der Waals surface area contributed by atoms with Crippen molar-refractivity contribution in [3.63, 3.8) is 0 Å². The second-order valence-electron chi connectivity index (χ2n) is 5.42. The summed E-state index contributed by atoms with van der Waals surface area (Å²) in [5, 5.41) is 10.2. The molecule has 0 radical (unpaired) electrons. The van der Waals surface area contributed by atoms with Crippen molar-refractivity contribution in [1.82, 2.24) is 4.90 Å². The van der Waals surface area contributed by atoms with Gasteiger partial charge >= 0.3 is 6.18 Å². The molecule has 1 aromatic rings. The van der Waals surface area contributed by atoms with Crippen molar-refractivity contribution < 1.29 is 18.3 Å². The van der Waals surface area contributed by atoms with E-state index in [-0.39, 0.29) is 11.5 Å². The maximum Gasteiger partial charge on any atom is 0.416 e. The summed E-state index contributed by atoms with van der Waals surface area (Å²) in [7, 11) is 0. The Labute approximate surface area is 115 Å². The van der Waals surface area contributed by atoms with Gasteiger partial charge in [-0.1, -0.05) is 18.2 Å². The third-order valence-corrected chi connectivity index (χ3v) is 4.22. The van der Waals surface area contributed by atoms with Crippen LogP contribution in [-0.2, 0) is 6.18 Å². The quantitative estimate of drug-likeness (QED) is 0.856. The Kier molecular flexibility index (Phi) is 3.24. The average molecular weight is 283 g/mol. The number of hydrogen-bond donors (Lipinski definition) is 1. The lowest BCUT2D eigenvalue weighted by Gasteiger charge is -2.46. The number of fused-ring (bicyclic) bond motifs is 3. The van der Waals surface area contributed by atoms with E-state index < -0.39 is 17.8 Å². The van der Waals surface area contributed by atoms with E-state index in [1.54, 1.807) is 6.07 Å². The molecule has 3 aliphatic heterocycles. The number of aliphatic hydroxyl groups is 1.